The van der Waals surface area contributed by atoms with Crippen LogP contribution in [0.4, 0.5) is 0 Å². The van der Waals surface area contributed by atoms with E-state index in [1.54, 1.807) is 6.20 Å². The highest BCUT2D eigenvalue weighted by Gasteiger charge is 2.23. The number of halogens is 1. The Balaban J connectivity index is 2.22. The fraction of sp³-hybridized carbons (Fsp3) is 0.471. The van der Waals surface area contributed by atoms with Gasteiger partial charge in [-0.15, -0.1) is 0 Å². The Morgan fingerprint density at radius 1 is 1.29 bits per heavy atom. The second-order valence-corrected chi connectivity index (χ2v) is 6.83. The number of aromatic nitrogens is 1. The SMILES string of the molecule is CC(C)(C)C(CCO)NCc1ccc(Cl)c2cccnc12. The molecule has 0 spiro atoms. The number of rotatable bonds is 5. The molecule has 0 saturated heterocycles. The van der Waals surface area contributed by atoms with Gasteiger partial charge in [0.05, 0.1) is 5.52 Å². The normalized spacial score (nSPS) is 13.6. The molecule has 2 aromatic rings. The van der Waals surface area contributed by atoms with E-state index in [2.05, 4.69) is 31.1 Å². The monoisotopic (exact) mass is 306 g/mol. The van der Waals surface area contributed by atoms with Crippen LogP contribution in [0.2, 0.25) is 5.02 Å². The van der Waals surface area contributed by atoms with Crippen LogP contribution in [0.15, 0.2) is 30.5 Å². The highest BCUT2D eigenvalue weighted by molar-refractivity contribution is 6.35. The van der Waals surface area contributed by atoms with Crippen molar-refractivity contribution >= 4 is 22.5 Å². The lowest BCUT2D eigenvalue weighted by atomic mass is 9.85. The molecule has 4 heteroatoms. The van der Waals surface area contributed by atoms with E-state index < -0.39 is 0 Å². The Labute approximate surface area is 131 Å². The topological polar surface area (TPSA) is 45.1 Å². The molecule has 0 bridgehead atoms. The molecule has 0 fully saturated rings. The van der Waals surface area contributed by atoms with Gasteiger partial charge in [-0.05, 0) is 35.6 Å². The van der Waals surface area contributed by atoms with Crippen molar-refractivity contribution < 1.29 is 5.11 Å². The smallest absolute Gasteiger partial charge is 0.0761 e. The van der Waals surface area contributed by atoms with Gasteiger partial charge in [0, 0.05) is 35.8 Å². The zero-order chi connectivity index (χ0) is 15.5. The maximum absolute atomic E-state index is 9.24. The van der Waals surface area contributed by atoms with E-state index in [1.807, 2.05) is 24.3 Å². The number of nitrogens with one attached hydrogen (secondary N) is 1. The maximum atomic E-state index is 9.24. The largest absolute Gasteiger partial charge is 0.396 e. The summed E-state index contributed by atoms with van der Waals surface area (Å²) in [4.78, 5) is 4.45. The molecule has 114 valence electrons. The van der Waals surface area contributed by atoms with E-state index in [0.717, 1.165) is 27.9 Å². The Morgan fingerprint density at radius 2 is 2.05 bits per heavy atom. The van der Waals surface area contributed by atoms with E-state index in [0.29, 0.717) is 6.54 Å². The molecule has 1 atom stereocenters. The molecule has 0 aliphatic rings. The molecule has 1 unspecified atom stereocenters. The molecule has 0 amide bonds. The van der Waals surface area contributed by atoms with Gasteiger partial charge >= 0.3 is 0 Å². The lowest BCUT2D eigenvalue weighted by molar-refractivity contribution is 0.196. The zero-order valence-corrected chi connectivity index (χ0v) is 13.6. The second-order valence-electron chi connectivity index (χ2n) is 6.42. The Hall–Kier alpha value is -1.16. The molecule has 2 N–H and O–H groups in total. The van der Waals surface area contributed by atoms with Gasteiger partial charge in [0.15, 0.2) is 0 Å². The molecule has 1 heterocycles. The zero-order valence-electron chi connectivity index (χ0n) is 12.9. The van der Waals surface area contributed by atoms with Crippen LogP contribution in [0.1, 0.15) is 32.8 Å². The van der Waals surface area contributed by atoms with E-state index in [-0.39, 0.29) is 18.1 Å². The first-order valence-electron chi connectivity index (χ1n) is 7.30. The van der Waals surface area contributed by atoms with Crippen molar-refractivity contribution in [2.75, 3.05) is 6.61 Å². The van der Waals surface area contributed by atoms with Gasteiger partial charge in [-0.25, -0.2) is 0 Å². The number of nitrogens with zero attached hydrogens (tertiary/aromatic N) is 1. The highest BCUT2D eigenvalue weighted by Crippen LogP contribution is 2.26. The quantitative estimate of drug-likeness (QED) is 0.883. The fourth-order valence-corrected chi connectivity index (χ4v) is 2.76. The number of hydrogen-bond donors (Lipinski definition) is 2. The summed E-state index contributed by atoms with van der Waals surface area (Å²) >= 11 is 6.22. The summed E-state index contributed by atoms with van der Waals surface area (Å²) in [5.41, 5.74) is 2.16. The van der Waals surface area contributed by atoms with Gasteiger partial charge in [0.2, 0.25) is 0 Å². The number of fused-ring (bicyclic) bond motifs is 1. The van der Waals surface area contributed by atoms with E-state index in [1.165, 1.54) is 0 Å². The van der Waals surface area contributed by atoms with E-state index >= 15 is 0 Å². The standard InChI is InChI=1S/C17H23ClN2O/c1-17(2,3)15(8-10-21)20-11-12-6-7-14(18)13-5-4-9-19-16(12)13/h4-7,9,15,20-21H,8,10-11H2,1-3H3. The molecule has 1 aromatic heterocycles. The number of aliphatic hydroxyl groups is 1. The van der Waals surface area contributed by atoms with Crippen molar-refractivity contribution in [3.8, 4) is 0 Å². The Bertz CT molecular complexity index is 607. The van der Waals surface area contributed by atoms with Gasteiger partial charge < -0.3 is 10.4 Å². The van der Waals surface area contributed by atoms with Crippen molar-refractivity contribution in [3.63, 3.8) is 0 Å². The number of aliphatic hydroxyl groups excluding tert-OH is 1. The predicted molar refractivity (Wildman–Crippen MR) is 88.5 cm³/mol. The maximum Gasteiger partial charge on any atom is 0.0761 e. The summed E-state index contributed by atoms with van der Waals surface area (Å²) in [5, 5.41) is 14.5. The molecule has 3 nitrogen and oxygen atoms in total. The Morgan fingerprint density at radius 3 is 2.71 bits per heavy atom. The van der Waals surface area contributed by atoms with E-state index in [4.69, 9.17) is 11.6 Å². The third kappa shape index (κ3) is 3.94. The van der Waals surface area contributed by atoms with Crippen molar-refractivity contribution in [1.82, 2.24) is 10.3 Å². The first kappa shape index (κ1) is 16.2. The third-order valence-electron chi connectivity index (χ3n) is 3.80. The molecular formula is C17H23ClN2O. The average Bonchev–Trinajstić information content (AvgIpc) is 2.44. The molecular weight excluding hydrogens is 284 g/mol. The highest BCUT2D eigenvalue weighted by atomic mass is 35.5. The molecule has 0 aliphatic heterocycles. The first-order valence-corrected chi connectivity index (χ1v) is 7.67. The molecule has 0 aliphatic carbocycles. The predicted octanol–water partition coefficient (Wildman–Crippen LogP) is 3.77. The summed E-state index contributed by atoms with van der Waals surface area (Å²) in [6.07, 6.45) is 2.53. The summed E-state index contributed by atoms with van der Waals surface area (Å²) in [6.45, 7) is 7.44. The molecule has 0 radical (unpaired) electrons. The van der Waals surface area contributed by atoms with Crippen LogP contribution in [0.3, 0.4) is 0 Å². The van der Waals surface area contributed by atoms with Crippen LogP contribution in [0.25, 0.3) is 10.9 Å². The fourth-order valence-electron chi connectivity index (χ4n) is 2.54. The Kier molecular flexibility index (Phi) is 5.20. The minimum atomic E-state index is 0.0956. The van der Waals surface area contributed by atoms with Gasteiger partial charge in [-0.2, -0.15) is 0 Å². The lowest BCUT2D eigenvalue weighted by Crippen LogP contribution is -2.40. The van der Waals surface area contributed by atoms with Gasteiger partial charge in [-0.3, -0.25) is 4.98 Å². The van der Waals surface area contributed by atoms with Crippen LogP contribution in [-0.4, -0.2) is 22.7 Å². The molecule has 0 saturated carbocycles. The lowest BCUT2D eigenvalue weighted by Gasteiger charge is -2.31. The van der Waals surface area contributed by atoms with Crippen molar-refractivity contribution in [2.24, 2.45) is 5.41 Å². The van der Waals surface area contributed by atoms with Gasteiger partial charge in [0.25, 0.3) is 0 Å². The van der Waals surface area contributed by atoms with Crippen molar-refractivity contribution in [2.45, 2.75) is 39.8 Å². The molecule has 21 heavy (non-hydrogen) atoms. The summed E-state index contributed by atoms with van der Waals surface area (Å²) in [7, 11) is 0. The molecule has 2 rings (SSSR count). The minimum absolute atomic E-state index is 0.0956. The van der Waals surface area contributed by atoms with E-state index in [9.17, 15) is 5.11 Å². The van der Waals surface area contributed by atoms with Crippen LogP contribution in [-0.2, 0) is 6.54 Å². The van der Waals surface area contributed by atoms with Crippen LogP contribution in [0, 0.1) is 5.41 Å². The van der Waals surface area contributed by atoms with Crippen LogP contribution >= 0.6 is 11.6 Å². The minimum Gasteiger partial charge on any atom is -0.396 e. The number of benzene rings is 1. The van der Waals surface area contributed by atoms with Crippen LogP contribution in [0.5, 0.6) is 0 Å². The van der Waals surface area contributed by atoms with Crippen LogP contribution < -0.4 is 5.32 Å². The second kappa shape index (κ2) is 6.73. The van der Waals surface area contributed by atoms with Crippen molar-refractivity contribution in [1.29, 1.82) is 0 Å². The molecule has 1 aromatic carbocycles. The number of pyridine rings is 1. The van der Waals surface area contributed by atoms with Gasteiger partial charge in [0.1, 0.15) is 0 Å². The summed E-state index contributed by atoms with van der Waals surface area (Å²) < 4.78 is 0. The average molecular weight is 307 g/mol. The number of hydrogen-bond acceptors (Lipinski definition) is 3. The van der Waals surface area contributed by atoms with Gasteiger partial charge in [-0.1, -0.05) is 38.4 Å². The third-order valence-corrected chi connectivity index (χ3v) is 4.13. The van der Waals surface area contributed by atoms with Crippen molar-refractivity contribution in [3.05, 3.63) is 41.0 Å². The first-order chi connectivity index (χ1) is 9.93. The summed E-state index contributed by atoms with van der Waals surface area (Å²) in [5.74, 6) is 0. The summed E-state index contributed by atoms with van der Waals surface area (Å²) in [6, 6.07) is 8.07.